The van der Waals surface area contributed by atoms with Crippen LogP contribution in [0.5, 0.6) is 11.5 Å². The van der Waals surface area contributed by atoms with Gasteiger partial charge in [-0.2, -0.15) is 0 Å². The number of nitrogens with one attached hydrogen (secondary N) is 1. The van der Waals surface area contributed by atoms with Crippen LogP contribution in [0, 0.1) is 0 Å². The van der Waals surface area contributed by atoms with Gasteiger partial charge in [0.05, 0.1) is 0 Å². The Balaban J connectivity index is 2.05. The first kappa shape index (κ1) is 12.5. The molecule has 92 valence electrons. The topological polar surface area (TPSA) is 56.8 Å². The molecule has 1 N–H and O–H groups in total. The molecule has 0 bridgehead atoms. The van der Waals surface area contributed by atoms with Gasteiger partial charge < -0.3 is 0 Å². The van der Waals surface area contributed by atoms with Crippen molar-refractivity contribution in [2.45, 2.75) is 14.8 Å². The summed E-state index contributed by atoms with van der Waals surface area (Å²) in [6, 6.07) is 5.06. The average Bonchev–Trinajstić information content (AvgIpc) is 2.71. The Hall–Kier alpha value is -0.951. The summed E-state index contributed by atoms with van der Waals surface area (Å²) in [5, 5.41) is 0. The number of hydrogen-bond acceptors (Lipinski definition) is 4. The van der Waals surface area contributed by atoms with E-state index in [2.05, 4.69) is 20.3 Å². The summed E-state index contributed by atoms with van der Waals surface area (Å²) in [6.07, 6.45) is 0. The van der Waals surface area contributed by atoms with Gasteiger partial charge in [-0.15, -0.1) is 0 Å². The molecule has 1 heterocycles. The van der Waals surface area contributed by atoms with Crippen LogP contribution in [0.25, 0.3) is 0 Å². The monoisotopic (exact) mass is 345 g/mol. The summed E-state index contributed by atoms with van der Waals surface area (Å²) >= 11 is -2.45. The Morgan fingerprint density at radius 3 is 2.71 bits per heavy atom. The molecular formula is C11H15NO4Sn. The summed E-state index contributed by atoms with van der Waals surface area (Å²) in [5.41, 5.74) is 2.99. The van der Waals surface area contributed by atoms with Crippen molar-refractivity contribution in [1.82, 2.24) is 5.48 Å². The molecule has 6 heteroatoms. The zero-order valence-electron chi connectivity index (χ0n) is 10.1. The van der Waals surface area contributed by atoms with E-state index in [1.807, 2.05) is 0 Å². The number of amides is 1. The van der Waals surface area contributed by atoms with Crippen molar-refractivity contribution < 1.29 is 17.4 Å². The summed E-state index contributed by atoms with van der Waals surface area (Å²) in [6.45, 7) is 0.204. The van der Waals surface area contributed by atoms with Crippen molar-refractivity contribution in [3.05, 3.63) is 23.8 Å². The number of benzene rings is 1. The second-order valence-corrected chi connectivity index (χ2v) is 17.4. The first-order valence-electron chi connectivity index (χ1n) is 5.34. The average molecular weight is 344 g/mol. The molecule has 0 saturated heterocycles. The van der Waals surface area contributed by atoms with Crippen molar-refractivity contribution >= 4 is 24.7 Å². The van der Waals surface area contributed by atoms with Gasteiger partial charge in [-0.25, -0.2) is 0 Å². The third-order valence-corrected chi connectivity index (χ3v) is 4.12. The van der Waals surface area contributed by atoms with Gasteiger partial charge >= 0.3 is 104 Å². The number of hydrogen-bond donors (Lipinski definition) is 1. The number of ether oxygens (including phenoxy) is 2. The predicted octanol–water partition coefficient (Wildman–Crippen LogP) is 1.91. The van der Waals surface area contributed by atoms with Gasteiger partial charge in [0.15, 0.2) is 0 Å². The van der Waals surface area contributed by atoms with Crippen LogP contribution in [-0.2, 0) is 3.17 Å². The molecule has 0 aromatic heterocycles. The van der Waals surface area contributed by atoms with E-state index in [0.29, 0.717) is 17.1 Å². The summed E-state index contributed by atoms with van der Waals surface area (Å²) < 4.78 is 15.8. The van der Waals surface area contributed by atoms with Crippen LogP contribution in [0.2, 0.25) is 14.8 Å². The number of carbonyl (C=O) groups excluding carboxylic acids is 1. The molecule has 5 nitrogen and oxygen atoms in total. The van der Waals surface area contributed by atoms with Crippen molar-refractivity contribution in [2.75, 3.05) is 6.79 Å². The second kappa shape index (κ2) is 4.73. The minimum atomic E-state index is -2.45. The Bertz CT molecular complexity index is 442. The standard InChI is InChI=1S/C8H6NO4.3CH3.Sn/c10-8(9-11)5-1-2-6-7(3-5)13-4-12-6;;;;/h1-3H,4H2,(H-,9,10,11);3*1H3;/q-1;;;;+1. The van der Waals surface area contributed by atoms with E-state index in [0.717, 1.165) is 0 Å². The number of rotatable bonds is 3. The van der Waals surface area contributed by atoms with Crippen molar-refractivity contribution in [3.63, 3.8) is 0 Å². The molecule has 1 aromatic rings. The fourth-order valence-electron chi connectivity index (χ4n) is 1.30. The zero-order valence-corrected chi connectivity index (χ0v) is 12.9. The van der Waals surface area contributed by atoms with E-state index < -0.39 is 18.8 Å². The first-order valence-corrected chi connectivity index (χ1v) is 15.1. The minimum absolute atomic E-state index is 0.204. The van der Waals surface area contributed by atoms with E-state index in [4.69, 9.17) is 12.6 Å². The van der Waals surface area contributed by atoms with Gasteiger partial charge in [-0.05, 0) is 0 Å². The summed E-state index contributed by atoms with van der Waals surface area (Å²) in [7, 11) is 0. The fourth-order valence-corrected chi connectivity index (χ4v) is 2.43. The maximum absolute atomic E-state index is 11.8. The van der Waals surface area contributed by atoms with Crippen molar-refractivity contribution in [3.8, 4) is 11.5 Å². The molecule has 2 rings (SSSR count). The molecule has 1 aromatic carbocycles. The van der Waals surface area contributed by atoms with Crippen molar-refractivity contribution in [1.29, 1.82) is 0 Å². The molecule has 1 aliphatic heterocycles. The van der Waals surface area contributed by atoms with Crippen LogP contribution in [0.3, 0.4) is 0 Å². The molecule has 1 aliphatic rings. The maximum atomic E-state index is 11.8. The van der Waals surface area contributed by atoms with E-state index in [1.54, 1.807) is 18.2 Å². The Morgan fingerprint density at radius 2 is 2.00 bits per heavy atom. The molecule has 0 atom stereocenters. The van der Waals surface area contributed by atoms with E-state index in [-0.39, 0.29) is 12.7 Å². The van der Waals surface area contributed by atoms with Gasteiger partial charge in [0.2, 0.25) is 0 Å². The molecular weight excluding hydrogens is 329 g/mol. The molecule has 0 aliphatic carbocycles. The predicted molar refractivity (Wildman–Crippen MR) is 64.5 cm³/mol. The molecule has 0 spiro atoms. The Kier molecular flexibility index (Phi) is 3.48. The van der Waals surface area contributed by atoms with Crippen LogP contribution in [0.1, 0.15) is 10.4 Å². The summed E-state index contributed by atoms with van der Waals surface area (Å²) in [4.78, 5) is 18.0. The van der Waals surface area contributed by atoms with Crippen LogP contribution in [0.4, 0.5) is 0 Å². The first-order chi connectivity index (χ1) is 7.96. The van der Waals surface area contributed by atoms with Crippen molar-refractivity contribution in [2.24, 2.45) is 0 Å². The fraction of sp³-hybridized carbons (Fsp3) is 0.364. The van der Waals surface area contributed by atoms with Crippen LogP contribution < -0.4 is 15.0 Å². The van der Waals surface area contributed by atoms with Crippen LogP contribution >= 0.6 is 0 Å². The van der Waals surface area contributed by atoms with Gasteiger partial charge in [-0.1, -0.05) is 0 Å². The van der Waals surface area contributed by atoms with Gasteiger partial charge in [0, 0.05) is 0 Å². The normalized spacial score (nSPS) is 13.6. The van der Waals surface area contributed by atoms with E-state index >= 15 is 0 Å². The number of hydroxylamine groups is 1. The zero-order chi connectivity index (χ0) is 12.5. The SMILES string of the molecule is [CH3][Sn]([CH3])([CH3])[O]NC(=O)c1ccc2c(c1)OCO2. The molecule has 1 amide bonds. The molecule has 17 heavy (non-hydrogen) atoms. The Morgan fingerprint density at radius 1 is 1.29 bits per heavy atom. The van der Waals surface area contributed by atoms with E-state index in [9.17, 15) is 4.79 Å². The Labute approximate surface area is 104 Å². The third-order valence-electron chi connectivity index (χ3n) is 2.08. The number of fused-ring (bicyclic) bond motifs is 1. The molecule has 0 unspecified atom stereocenters. The van der Waals surface area contributed by atoms with Crippen LogP contribution in [-0.4, -0.2) is 31.5 Å². The van der Waals surface area contributed by atoms with E-state index in [1.165, 1.54) is 0 Å². The molecule has 0 fully saturated rings. The van der Waals surface area contributed by atoms with Gasteiger partial charge in [-0.3, -0.25) is 0 Å². The van der Waals surface area contributed by atoms with Gasteiger partial charge in [0.1, 0.15) is 0 Å². The third kappa shape index (κ3) is 3.26. The number of carbonyl (C=O) groups is 1. The molecule has 0 radical (unpaired) electrons. The van der Waals surface area contributed by atoms with Gasteiger partial charge in [0.25, 0.3) is 0 Å². The second-order valence-electron chi connectivity index (χ2n) is 4.71. The molecule has 0 saturated carbocycles. The quantitative estimate of drug-likeness (QED) is 0.673. The summed E-state index contributed by atoms with van der Waals surface area (Å²) in [5.74, 6) is 1.00. The van der Waals surface area contributed by atoms with Crippen LogP contribution in [0.15, 0.2) is 18.2 Å².